The molecule has 1 fully saturated rings. The van der Waals surface area contributed by atoms with Crippen molar-refractivity contribution in [2.24, 2.45) is 0 Å². The zero-order valence-corrected chi connectivity index (χ0v) is 13.0. The number of halogens is 2. The van der Waals surface area contributed by atoms with Gasteiger partial charge in [0, 0.05) is 17.1 Å². The van der Waals surface area contributed by atoms with Crippen molar-refractivity contribution in [1.29, 1.82) is 0 Å². The highest BCUT2D eigenvalue weighted by atomic mass is 79.9. The summed E-state index contributed by atoms with van der Waals surface area (Å²) in [6.07, 6.45) is 1.05. The van der Waals surface area contributed by atoms with Gasteiger partial charge in [-0.25, -0.2) is 4.39 Å². The number of carbonyl (C=O) groups is 1. The number of nitrogens with zero attached hydrogens (tertiary/aromatic N) is 1. The number of hydrogen-bond acceptors (Lipinski definition) is 3. The zero-order valence-electron chi connectivity index (χ0n) is 11.5. The number of hydrogen-bond donors (Lipinski definition) is 2. The first kappa shape index (κ1) is 15.4. The van der Waals surface area contributed by atoms with Crippen LogP contribution in [-0.2, 0) is 4.79 Å². The minimum absolute atomic E-state index is 0.181. The van der Waals surface area contributed by atoms with Gasteiger partial charge in [0.05, 0.1) is 12.2 Å². The summed E-state index contributed by atoms with van der Waals surface area (Å²) in [6, 6.07) is 5.00. The molecule has 6 heteroatoms. The van der Waals surface area contributed by atoms with Crippen LogP contribution in [0.15, 0.2) is 22.7 Å². The molecular formula is C14H19BrFN3O. The quantitative estimate of drug-likeness (QED) is 0.861. The molecule has 2 N–H and O–H groups in total. The molecule has 1 saturated heterocycles. The van der Waals surface area contributed by atoms with Crippen molar-refractivity contribution in [1.82, 2.24) is 10.2 Å². The zero-order chi connectivity index (χ0) is 14.5. The third-order valence-electron chi connectivity index (χ3n) is 3.51. The largest absolute Gasteiger partial charge is 0.322 e. The molecular weight excluding hydrogens is 325 g/mol. The fourth-order valence-corrected chi connectivity index (χ4v) is 2.75. The highest BCUT2D eigenvalue weighted by Crippen LogP contribution is 2.19. The van der Waals surface area contributed by atoms with E-state index in [0.717, 1.165) is 26.1 Å². The molecule has 0 radical (unpaired) electrons. The standard InChI is InChI=1S/C14H19BrFN3O/c1-2-19(11-5-6-17-8-11)9-14(20)18-13-4-3-10(15)7-12(13)16/h3-4,7,11,17H,2,5-6,8-9H2,1H3,(H,18,20). The van der Waals surface area contributed by atoms with E-state index in [9.17, 15) is 9.18 Å². The Balaban J connectivity index is 1.93. The van der Waals surface area contributed by atoms with E-state index in [-0.39, 0.29) is 11.6 Å². The second-order valence-corrected chi connectivity index (χ2v) is 5.80. The van der Waals surface area contributed by atoms with E-state index >= 15 is 0 Å². The van der Waals surface area contributed by atoms with Crippen LogP contribution in [0.4, 0.5) is 10.1 Å². The molecule has 2 rings (SSSR count). The first-order valence-electron chi connectivity index (χ1n) is 6.80. The monoisotopic (exact) mass is 343 g/mol. The summed E-state index contributed by atoms with van der Waals surface area (Å²) in [4.78, 5) is 14.1. The average Bonchev–Trinajstić information content (AvgIpc) is 2.93. The van der Waals surface area contributed by atoms with Gasteiger partial charge >= 0.3 is 0 Å². The summed E-state index contributed by atoms with van der Waals surface area (Å²) in [5.41, 5.74) is 0.221. The molecule has 4 nitrogen and oxygen atoms in total. The number of anilines is 1. The van der Waals surface area contributed by atoms with Crippen LogP contribution < -0.4 is 10.6 Å². The van der Waals surface area contributed by atoms with E-state index in [4.69, 9.17) is 0 Å². The Morgan fingerprint density at radius 1 is 1.60 bits per heavy atom. The number of benzene rings is 1. The number of amides is 1. The second kappa shape index (κ2) is 7.15. The van der Waals surface area contributed by atoms with E-state index in [1.807, 2.05) is 6.92 Å². The second-order valence-electron chi connectivity index (χ2n) is 4.88. The minimum atomic E-state index is -0.432. The Labute approximate surface area is 126 Å². The molecule has 110 valence electrons. The van der Waals surface area contributed by atoms with E-state index in [1.54, 1.807) is 12.1 Å². The van der Waals surface area contributed by atoms with Crippen molar-refractivity contribution in [3.8, 4) is 0 Å². The highest BCUT2D eigenvalue weighted by Gasteiger charge is 2.23. The van der Waals surface area contributed by atoms with Crippen LogP contribution in [0.2, 0.25) is 0 Å². The van der Waals surface area contributed by atoms with Gasteiger partial charge in [0.15, 0.2) is 0 Å². The summed E-state index contributed by atoms with van der Waals surface area (Å²) in [5.74, 6) is -0.613. The molecule has 1 amide bonds. The summed E-state index contributed by atoms with van der Waals surface area (Å²) in [5, 5.41) is 5.92. The summed E-state index contributed by atoms with van der Waals surface area (Å²) in [7, 11) is 0. The minimum Gasteiger partial charge on any atom is -0.322 e. The Morgan fingerprint density at radius 3 is 3.00 bits per heavy atom. The Kier molecular flexibility index (Phi) is 5.51. The van der Waals surface area contributed by atoms with E-state index in [2.05, 4.69) is 31.5 Å². The molecule has 1 unspecified atom stereocenters. The van der Waals surface area contributed by atoms with Crippen molar-refractivity contribution < 1.29 is 9.18 Å². The summed E-state index contributed by atoms with van der Waals surface area (Å²) < 4.78 is 14.3. The number of likely N-dealkylation sites (N-methyl/N-ethyl adjacent to an activating group) is 1. The van der Waals surface area contributed by atoms with Crippen molar-refractivity contribution in [3.05, 3.63) is 28.5 Å². The van der Waals surface area contributed by atoms with Crippen molar-refractivity contribution in [2.75, 3.05) is 31.5 Å². The third kappa shape index (κ3) is 4.01. The molecule has 1 heterocycles. The summed E-state index contributed by atoms with van der Waals surface area (Å²) in [6.45, 7) is 5.03. The van der Waals surface area contributed by atoms with E-state index in [0.29, 0.717) is 17.1 Å². The van der Waals surface area contributed by atoms with Gasteiger partial charge in [-0.3, -0.25) is 9.69 Å². The van der Waals surface area contributed by atoms with Crippen LogP contribution in [0.5, 0.6) is 0 Å². The molecule has 1 aromatic carbocycles. The van der Waals surface area contributed by atoms with Crippen LogP contribution in [-0.4, -0.2) is 43.0 Å². The van der Waals surface area contributed by atoms with Crippen LogP contribution >= 0.6 is 15.9 Å². The Bertz CT molecular complexity index is 477. The molecule has 20 heavy (non-hydrogen) atoms. The molecule has 0 aliphatic carbocycles. The predicted molar refractivity (Wildman–Crippen MR) is 81.3 cm³/mol. The lowest BCUT2D eigenvalue weighted by atomic mass is 10.2. The van der Waals surface area contributed by atoms with Crippen molar-refractivity contribution in [2.45, 2.75) is 19.4 Å². The fraction of sp³-hybridized carbons (Fsp3) is 0.500. The smallest absolute Gasteiger partial charge is 0.238 e. The molecule has 1 aliphatic rings. The molecule has 0 spiro atoms. The van der Waals surface area contributed by atoms with Crippen LogP contribution in [0.1, 0.15) is 13.3 Å². The van der Waals surface area contributed by atoms with Crippen molar-refractivity contribution in [3.63, 3.8) is 0 Å². The maximum atomic E-state index is 13.7. The van der Waals surface area contributed by atoms with Crippen LogP contribution in [0.25, 0.3) is 0 Å². The average molecular weight is 344 g/mol. The van der Waals surface area contributed by atoms with Gasteiger partial charge in [0.1, 0.15) is 5.82 Å². The van der Waals surface area contributed by atoms with Gasteiger partial charge in [-0.05, 0) is 37.7 Å². The topological polar surface area (TPSA) is 44.4 Å². The van der Waals surface area contributed by atoms with Gasteiger partial charge in [-0.2, -0.15) is 0 Å². The number of rotatable bonds is 5. The molecule has 0 aromatic heterocycles. The Morgan fingerprint density at radius 2 is 2.40 bits per heavy atom. The molecule has 1 atom stereocenters. The van der Waals surface area contributed by atoms with Gasteiger partial charge in [-0.15, -0.1) is 0 Å². The normalized spacial score (nSPS) is 18.5. The van der Waals surface area contributed by atoms with Crippen LogP contribution in [0, 0.1) is 5.82 Å². The van der Waals surface area contributed by atoms with E-state index in [1.165, 1.54) is 6.07 Å². The van der Waals surface area contributed by atoms with Crippen LogP contribution in [0.3, 0.4) is 0 Å². The highest BCUT2D eigenvalue weighted by molar-refractivity contribution is 9.10. The van der Waals surface area contributed by atoms with Crippen molar-refractivity contribution >= 4 is 27.5 Å². The van der Waals surface area contributed by atoms with Gasteiger partial charge < -0.3 is 10.6 Å². The number of carbonyl (C=O) groups excluding carboxylic acids is 1. The fourth-order valence-electron chi connectivity index (χ4n) is 2.42. The molecule has 0 saturated carbocycles. The third-order valence-corrected chi connectivity index (χ3v) is 4.00. The lowest BCUT2D eigenvalue weighted by molar-refractivity contribution is -0.117. The molecule has 1 aliphatic heterocycles. The number of nitrogens with one attached hydrogen (secondary N) is 2. The maximum Gasteiger partial charge on any atom is 0.238 e. The lowest BCUT2D eigenvalue weighted by Gasteiger charge is -2.26. The first-order chi connectivity index (χ1) is 9.60. The van der Waals surface area contributed by atoms with Gasteiger partial charge in [0.25, 0.3) is 0 Å². The summed E-state index contributed by atoms with van der Waals surface area (Å²) >= 11 is 3.19. The Hall–Kier alpha value is -0.980. The SMILES string of the molecule is CCN(CC(=O)Nc1ccc(Br)cc1F)C1CCNC1. The van der Waals surface area contributed by atoms with Gasteiger partial charge in [0.2, 0.25) is 5.91 Å². The maximum absolute atomic E-state index is 13.7. The first-order valence-corrected chi connectivity index (χ1v) is 7.59. The lowest BCUT2D eigenvalue weighted by Crippen LogP contribution is -2.41. The molecule has 1 aromatic rings. The van der Waals surface area contributed by atoms with E-state index < -0.39 is 5.82 Å². The predicted octanol–water partition coefficient (Wildman–Crippen LogP) is 2.21. The molecule has 0 bridgehead atoms. The van der Waals surface area contributed by atoms with Gasteiger partial charge in [-0.1, -0.05) is 22.9 Å².